The van der Waals surface area contributed by atoms with Gasteiger partial charge in [0.15, 0.2) is 5.82 Å². The predicted octanol–water partition coefficient (Wildman–Crippen LogP) is 8.07. The molecule has 0 aliphatic heterocycles. The van der Waals surface area contributed by atoms with E-state index < -0.39 is 29.7 Å². The lowest BCUT2D eigenvalue weighted by Gasteiger charge is -2.41. The fourth-order valence-corrected chi connectivity index (χ4v) is 5.23. The summed E-state index contributed by atoms with van der Waals surface area (Å²) in [6.07, 6.45) is 6.63. The minimum absolute atomic E-state index is 0.00162. The number of hydrogen-bond donors (Lipinski definition) is 3. The summed E-state index contributed by atoms with van der Waals surface area (Å²) < 4.78 is 52.3. The molecule has 0 radical (unpaired) electrons. The number of aromatic nitrogens is 2. The first-order chi connectivity index (χ1) is 21.3. The summed E-state index contributed by atoms with van der Waals surface area (Å²) in [6.45, 7) is 5.90. The standard InChI is InChI=1S/C32H35BrF3N5O4/c1-5-6-11-27(42)40-25-15-23(34)20(14-24(25)37-18-21-22(33)9-7-10-26(21)44-29(35)36)19-16-38-28(39-17-19)32(12-8-13-32)41-30(43)45-31(2,3)4/h5,7,9-10,14-17,29,37H,1,6,8,11-13,18H2,2-4H3,(H,40,42)(H,41,43). The molecule has 4 rings (SSSR count). The second kappa shape index (κ2) is 14.3. The van der Waals surface area contributed by atoms with Crippen LogP contribution in [0, 0.1) is 5.82 Å². The molecule has 45 heavy (non-hydrogen) atoms. The van der Waals surface area contributed by atoms with Crippen molar-refractivity contribution >= 4 is 39.3 Å². The van der Waals surface area contributed by atoms with Gasteiger partial charge < -0.3 is 25.4 Å². The number of anilines is 2. The Kier molecular flexibility index (Phi) is 10.7. The third kappa shape index (κ3) is 8.74. The molecule has 3 N–H and O–H groups in total. The van der Waals surface area contributed by atoms with E-state index in [-0.39, 0.29) is 35.9 Å². The number of ether oxygens (including phenoxy) is 2. The van der Waals surface area contributed by atoms with Gasteiger partial charge >= 0.3 is 12.7 Å². The van der Waals surface area contributed by atoms with Gasteiger partial charge in [-0.3, -0.25) is 4.79 Å². The number of hydrogen-bond acceptors (Lipinski definition) is 7. The maximum Gasteiger partial charge on any atom is 0.408 e. The lowest BCUT2D eigenvalue weighted by atomic mass is 9.76. The van der Waals surface area contributed by atoms with Crippen molar-refractivity contribution in [1.82, 2.24) is 15.3 Å². The molecule has 1 aromatic heterocycles. The minimum Gasteiger partial charge on any atom is -0.444 e. The molecule has 1 saturated carbocycles. The van der Waals surface area contributed by atoms with Crippen LogP contribution in [0.25, 0.3) is 11.1 Å². The van der Waals surface area contributed by atoms with Crippen LogP contribution in [0.2, 0.25) is 0 Å². The Morgan fingerprint density at radius 2 is 1.87 bits per heavy atom. The molecule has 1 fully saturated rings. The highest BCUT2D eigenvalue weighted by Gasteiger charge is 2.43. The summed E-state index contributed by atoms with van der Waals surface area (Å²) in [4.78, 5) is 34.0. The lowest BCUT2D eigenvalue weighted by molar-refractivity contribution is -0.116. The zero-order chi connectivity index (χ0) is 32.8. The highest BCUT2D eigenvalue weighted by atomic mass is 79.9. The molecule has 1 aliphatic rings. The molecule has 2 aromatic carbocycles. The number of nitrogens with one attached hydrogen (secondary N) is 3. The Morgan fingerprint density at radius 3 is 2.47 bits per heavy atom. The van der Waals surface area contributed by atoms with Crippen molar-refractivity contribution < 1.29 is 32.2 Å². The quantitative estimate of drug-likeness (QED) is 0.165. The highest BCUT2D eigenvalue weighted by Crippen LogP contribution is 2.40. The summed E-state index contributed by atoms with van der Waals surface area (Å²) in [6, 6.07) is 7.31. The molecule has 0 saturated heterocycles. The van der Waals surface area contributed by atoms with Crippen molar-refractivity contribution in [2.75, 3.05) is 10.6 Å². The van der Waals surface area contributed by atoms with E-state index in [1.54, 1.807) is 39.0 Å². The zero-order valence-electron chi connectivity index (χ0n) is 25.2. The number of rotatable bonds is 12. The van der Waals surface area contributed by atoms with Gasteiger partial charge in [-0.25, -0.2) is 19.2 Å². The molecule has 3 aromatic rings. The Morgan fingerprint density at radius 1 is 1.16 bits per heavy atom. The smallest absolute Gasteiger partial charge is 0.408 e. The lowest BCUT2D eigenvalue weighted by Crippen LogP contribution is -2.53. The molecule has 0 spiro atoms. The molecule has 2 amide bonds. The van der Waals surface area contributed by atoms with E-state index in [4.69, 9.17) is 4.74 Å². The van der Waals surface area contributed by atoms with Crippen LogP contribution in [0.3, 0.4) is 0 Å². The topological polar surface area (TPSA) is 114 Å². The monoisotopic (exact) mass is 689 g/mol. The van der Waals surface area contributed by atoms with Crippen LogP contribution in [0.1, 0.15) is 64.3 Å². The number of carbonyl (C=O) groups excluding carboxylic acids is 2. The van der Waals surface area contributed by atoms with Crippen molar-refractivity contribution in [3.8, 4) is 16.9 Å². The number of amides is 2. The van der Waals surface area contributed by atoms with Crippen molar-refractivity contribution in [3.63, 3.8) is 0 Å². The Balaban J connectivity index is 1.64. The number of benzene rings is 2. The third-order valence-corrected chi connectivity index (χ3v) is 7.79. The largest absolute Gasteiger partial charge is 0.444 e. The molecule has 0 atom stereocenters. The maximum absolute atomic E-state index is 15.6. The van der Waals surface area contributed by atoms with E-state index in [0.29, 0.717) is 46.4 Å². The van der Waals surface area contributed by atoms with Crippen LogP contribution in [0.5, 0.6) is 5.75 Å². The van der Waals surface area contributed by atoms with E-state index in [9.17, 15) is 18.4 Å². The van der Waals surface area contributed by atoms with E-state index in [1.165, 1.54) is 30.6 Å². The summed E-state index contributed by atoms with van der Waals surface area (Å²) >= 11 is 3.37. The van der Waals surface area contributed by atoms with E-state index in [2.05, 4.69) is 53.2 Å². The fourth-order valence-electron chi connectivity index (χ4n) is 4.74. The van der Waals surface area contributed by atoms with Gasteiger partial charge in [0.2, 0.25) is 5.91 Å². The van der Waals surface area contributed by atoms with Gasteiger partial charge in [-0.05, 0) is 64.7 Å². The molecule has 0 bridgehead atoms. The summed E-state index contributed by atoms with van der Waals surface area (Å²) in [5, 5.41) is 8.72. The van der Waals surface area contributed by atoms with Crippen molar-refractivity contribution in [1.29, 1.82) is 0 Å². The number of allylic oxidation sites excluding steroid dienone is 1. The first-order valence-corrected chi connectivity index (χ1v) is 15.1. The first-order valence-electron chi connectivity index (χ1n) is 14.3. The summed E-state index contributed by atoms with van der Waals surface area (Å²) in [5.74, 6) is -0.666. The second-order valence-corrected chi connectivity index (χ2v) is 12.4. The maximum atomic E-state index is 15.6. The molecule has 0 unspecified atom stereocenters. The number of halogens is 4. The third-order valence-electron chi connectivity index (χ3n) is 7.04. The minimum atomic E-state index is -3.03. The number of alkyl carbamates (subject to hydrolysis) is 1. The molecule has 1 heterocycles. The molecule has 240 valence electrons. The zero-order valence-corrected chi connectivity index (χ0v) is 26.8. The second-order valence-electron chi connectivity index (χ2n) is 11.6. The van der Waals surface area contributed by atoms with Crippen molar-refractivity contribution in [2.45, 2.75) is 77.2 Å². The van der Waals surface area contributed by atoms with Crippen LogP contribution < -0.4 is 20.7 Å². The van der Waals surface area contributed by atoms with Crippen LogP contribution in [0.15, 0.2) is 59.9 Å². The Bertz CT molecular complexity index is 1540. The van der Waals surface area contributed by atoms with Crippen LogP contribution in [0.4, 0.5) is 29.3 Å². The van der Waals surface area contributed by atoms with Gasteiger partial charge in [0.25, 0.3) is 0 Å². The van der Waals surface area contributed by atoms with Crippen molar-refractivity contribution in [3.05, 3.63) is 77.1 Å². The van der Waals surface area contributed by atoms with Crippen molar-refractivity contribution in [2.24, 2.45) is 0 Å². The van der Waals surface area contributed by atoms with Gasteiger partial charge in [-0.15, -0.1) is 6.58 Å². The number of nitrogens with zero attached hydrogens (tertiary/aromatic N) is 2. The van der Waals surface area contributed by atoms with Crippen LogP contribution >= 0.6 is 15.9 Å². The van der Waals surface area contributed by atoms with Gasteiger partial charge in [-0.2, -0.15) is 8.78 Å². The SMILES string of the molecule is C=CCCC(=O)Nc1cc(F)c(-c2cnc(C3(NC(=O)OC(C)(C)C)CCC3)nc2)cc1NCc1c(Br)cccc1OC(F)F. The molecule has 13 heteroatoms. The van der Waals surface area contributed by atoms with Gasteiger partial charge in [0.05, 0.1) is 11.4 Å². The Hall–Kier alpha value is -4.13. The van der Waals surface area contributed by atoms with Gasteiger partial charge in [0, 0.05) is 52.6 Å². The average molecular weight is 691 g/mol. The molecular formula is C32H35BrF3N5O4. The first kappa shape index (κ1) is 33.8. The molecule has 9 nitrogen and oxygen atoms in total. The number of carbonyl (C=O) groups is 2. The Labute approximate surface area is 268 Å². The normalized spacial score (nSPS) is 13.9. The fraction of sp³-hybridized carbons (Fsp3) is 0.375. The van der Waals surface area contributed by atoms with Crippen LogP contribution in [-0.2, 0) is 21.6 Å². The average Bonchev–Trinajstić information content (AvgIpc) is 2.93. The van der Waals surface area contributed by atoms with E-state index in [0.717, 1.165) is 6.42 Å². The number of alkyl halides is 2. The van der Waals surface area contributed by atoms with Crippen LogP contribution in [-0.4, -0.2) is 34.2 Å². The van der Waals surface area contributed by atoms with E-state index >= 15 is 4.39 Å². The van der Waals surface area contributed by atoms with E-state index in [1.807, 2.05) is 0 Å². The molecule has 1 aliphatic carbocycles. The predicted molar refractivity (Wildman–Crippen MR) is 168 cm³/mol. The van der Waals surface area contributed by atoms with Gasteiger partial charge in [0.1, 0.15) is 22.7 Å². The molecular weight excluding hydrogens is 655 g/mol. The summed E-state index contributed by atoms with van der Waals surface area (Å²) in [7, 11) is 0. The highest BCUT2D eigenvalue weighted by molar-refractivity contribution is 9.10. The van der Waals surface area contributed by atoms with Gasteiger partial charge in [-0.1, -0.05) is 28.1 Å². The summed E-state index contributed by atoms with van der Waals surface area (Å²) in [5.41, 5.74) is -0.112.